The summed E-state index contributed by atoms with van der Waals surface area (Å²) in [5.41, 5.74) is 1.56. The molecule has 10 nitrogen and oxygen atoms in total. The highest BCUT2D eigenvalue weighted by Gasteiger charge is 2.27. The van der Waals surface area contributed by atoms with Crippen molar-refractivity contribution in [2.45, 2.75) is 31.3 Å². The fourth-order valence-corrected chi connectivity index (χ4v) is 5.55. The van der Waals surface area contributed by atoms with Crippen molar-refractivity contribution in [2.24, 2.45) is 0 Å². The summed E-state index contributed by atoms with van der Waals surface area (Å²) in [4.78, 5) is 28.6. The van der Waals surface area contributed by atoms with Crippen LogP contribution < -0.4 is 9.62 Å². The Morgan fingerprint density at radius 2 is 1.71 bits per heavy atom. The number of anilines is 2. The smallest absolute Gasteiger partial charge is 0.410 e. The second-order valence-electron chi connectivity index (χ2n) is 10.5. The molecule has 1 aliphatic rings. The van der Waals surface area contributed by atoms with Crippen molar-refractivity contribution >= 4 is 38.5 Å². The molecule has 1 N–H and O–H groups in total. The van der Waals surface area contributed by atoms with Crippen LogP contribution >= 0.6 is 0 Å². The maximum absolute atomic E-state index is 14.1. The van der Waals surface area contributed by atoms with Gasteiger partial charge in [-0.15, -0.1) is 0 Å². The lowest BCUT2D eigenvalue weighted by Crippen LogP contribution is -2.50. The molecule has 214 valence electrons. The monoisotopic (exact) mass is 582 g/mol. The third-order valence-corrected chi connectivity index (χ3v) is 7.77. The molecule has 2 aromatic carbocycles. The molecule has 0 spiro atoms. The Labute approximate surface area is 236 Å². The number of rotatable bonds is 5. The maximum Gasteiger partial charge on any atom is 0.410 e. The molecule has 4 aromatic rings. The highest BCUT2D eigenvalue weighted by molar-refractivity contribution is 7.92. The van der Waals surface area contributed by atoms with Crippen LogP contribution in [0.3, 0.4) is 0 Å². The molecule has 5 rings (SSSR count). The van der Waals surface area contributed by atoms with Crippen LogP contribution in [0.4, 0.5) is 25.1 Å². The van der Waals surface area contributed by atoms with Crippen LogP contribution in [0, 0.1) is 11.6 Å². The van der Waals surface area contributed by atoms with E-state index in [-0.39, 0.29) is 11.8 Å². The lowest BCUT2D eigenvalue weighted by atomic mass is 10.0. The molecule has 0 unspecified atom stereocenters. The van der Waals surface area contributed by atoms with Gasteiger partial charge in [-0.1, -0.05) is 6.07 Å². The number of hydrogen-bond acceptors (Lipinski definition) is 8. The maximum atomic E-state index is 14.1. The van der Waals surface area contributed by atoms with Crippen molar-refractivity contribution < 1.29 is 26.7 Å². The molecule has 2 aromatic heterocycles. The molecule has 1 amide bonds. The zero-order valence-corrected chi connectivity index (χ0v) is 23.5. The topological polar surface area (TPSA) is 118 Å². The zero-order chi connectivity index (χ0) is 29.4. The minimum atomic E-state index is -4.33. The summed E-state index contributed by atoms with van der Waals surface area (Å²) in [5.74, 6) is -1.37. The molecular formula is C28H28F2N6O4S. The minimum absolute atomic E-state index is 0.106. The molecule has 1 fully saturated rings. The SMILES string of the molecule is CC(C)(C)OC(=O)N1CCN(c2ncnc3ccc(-c4cncc(NS(=O)(=O)c5ccc(F)cc5F)c4)cc23)CC1. The highest BCUT2D eigenvalue weighted by atomic mass is 32.2. The third kappa shape index (κ3) is 6.35. The Balaban J connectivity index is 1.38. The number of nitrogens with one attached hydrogen (secondary N) is 1. The quantitative estimate of drug-likeness (QED) is 0.356. The third-order valence-electron chi connectivity index (χ3n) is 6.35. The van der Waals surface area contributed by atoms with Crippen LogP contribution in [0.2, 0.25) is 0 Å². The highest BCUT2D eigenvalue weighted by Crippen LogP contribution is 2.31. The molecule has 1 saturated heterocycles. The lowest BCUT2D eigenvalue weighted by Gasteiger charge is -2.36. The minimum Gasteiger partial charge on any atom is -0.444 e. The van der Waals surface area contributed by atoms with Gasteiger partial charge in [0, 0.05) is 49.4 Å². The second kappa shape index (κ2) is 10.9. The number of ether oxygens (including phenoxy) is 1. The predicted molar refractivity (Wildman–Crippen MR) is 150 cm³/mol. The van der Waals surface area contributed by atoms with Crippen LogP contribution in [-0.2, 0) is 14.8 Å². The van der Waals surface area contributed by atoms with Crippen LogP contribution in [0.1, 0.15) is 20.8 Å². The van der Waals surface area contributed by atoms with E-state index in [1.165, 1.54) is 12.5 Å². The predicted octanol–water partition coefficient (Wildman–Crippen LogP) is 4.83. The number of hydrogen-bond donors (Lipinski definition) is 1. The summed E-state index contributed by atoms with van der Waals surface area (Å²) in [6, 6.07) is 9.36. The van der Waals surface area contributed by atoms with Gasteiger partial charge in [0.2, 0.25) is 0 Å². The molecule has 0 saturated carbocycles. The number of benzene rings is 2. The number of piperazine rings is 1. The van der Waals surface area contributed by atoms with E-state index in [9.17, 15) is 22.0 Å². The van der Waals surface area contributed by atoms with Crippen LogP contribution in [0.5, 0.6) is 0 Å². The summed E-state index contributed by atoms with van der Waals surface area (Å²) in [6.45, 7) is 7.54. The molecule has 0 atom stereocenters. The fraction of sp³-hybridized carbons (Fsp3) is 0.286. The van der Waals surface area contributed by atoms with Gasteiger partial charge in [-0.25, -0.2) is 32.0 Å². The number of sulfonamides is 1. The van der Waals surface area contributed by atoms with E-state index in [4.69, 9.17) is 4.74 Å². The van der Waals surface area contributed by atoms with Crippen molar-refractivity contribution in [1.29, 1.82) is 0 Å². The van der Waals surface area contributed by atoms with E-state index in [2.05, 4.69) is 24.6 Å². The van der Waals surface area contributed by atoms with Gasteiger partial charge in [-0.3, -0.25) is 9.71 Å². The molecule has 41 heavy (non-hydrogen) atoms. The Morgan fingerprint density at radius 3 is 2.41 bits per heavy atom. The Kier molecular flexibility index (Phi) is 7.47. The summed E-state index contributed by atoms with van der Waals surface area (Å²) in [5, 5.41) is 0.773. The lowest BCUT2D eigenvalue weighted by molar-refractivity contribution is 0.0240. The van der Waals surface area contributed by atoms with E-state index in [0.717, 1.165) is 23.1 Å². The first kappa shape index (κ1) is 28.1. The molecule has 1 aliphatic heterocycles. The summed E-state index contributed by atoms with van der Waals surface area (Å²) in [7, 11) is -4.33. The first-order valence-electron chi connectivity index (χ1n) is 12.8. The number of aromatic nitrogens is 3. The van der Waals surface area contributed by atoms with Gasteiger partial charge in [-0.05, 0) is 56.7 Å². The van der Waals surface area contributed by atoms with Crippen molar-refractivity contribution in [1.82, 2.24) is 19.9 Å². The Hall–Kier alpha value is -4.39. The van der Waals surface area contributed by atoms with E-state index in [1.54, 1.807) is 17.2 Å². The van der Waals surface area contributed by atoms with E-state index in [0.29, 0.717) is 49.1 Å². The first-order chi connectivity index (χ1) is 19.4. The zero-order valence-electron chi connectivity index (χ0n) is 22.6. The number of pyridine rings is 1. The van der Waals surface area contributed by atoms with E-state index < -0.39 is 32.2 Å². The number of fused-ring (bicyclic) bond motifs is 1. The number of halogens is 2. The van der Waals surface area contributed by atoms with Crippen LogP contribution in [-0.4, -0.2) is 66.1 Å². The average Bonchev–Trinajstić information content (AvgIpc) is 2.91. The van der Waals surface area contributed by atoms with E-state index in [1.807, 2.05) is 39.0 Å². The van der Waals surface area contributed by atoms with Crippen molar-refractivity contribution in [3.8, 4) is 11.1 Å². The van der Waals surface area contributed by atoms with Gasteiger partial charge in [0.1, 0.15) is 34.3 Å². The second-order valence-corrected chi connectivity index (χ2v) is 12.2. The van der Waals surface area contributed by atoms with Gasteiger partial charge in [0.15, 0.2) is 0 Å². The number of carbonyl (C=O) groups excluding carboxylic acids is 1. The fourth-order valence-electron chi connectivity index (χ4n) is 4.46. The first-order valence-corrected chi connectivity index (χ1v) is 14.3. The van der Waals surface area contributed by atoms with Crippen molar-refractivity contribution in [3.05, 3.63) is 72.8 Å². The van der Waals surface area contributed by atoms with Crippen LogP contribution in [0.15, 0.2) is 66.1 Å². The summed E-state index contributed by atoms with van der Waals surface area (Å²) >= 11 is 0. The van der Waals surface area contributed by atoms with Gasteiger partial charge in [0.05, 0.1) is 17.4 Å². The molecule has 0 bridgehead atoms. The van der Waals surface area contributed by atoms with Gasteiger partial charge >= 0.3 is 6.09 Å². The number of amides is 1. The average molecular weight is 583 g/mol. The Morgan fingerprint density at radius 1 is 0.951 bits per heavy atom. The Bertz CT molecular complexity index is 1720. The van der Waals surface area contributed by atoms with Crippen LogP contribution in [0.25, 0.3) is 22.0 Å². The number of nitrogens with zero attached hydrogens (tertiary/aromatic N) is 5. The largest absolute Gasteiger partial charge is 0.444 e. The molecule has 0 aliphatic carbocycles. The molecular weight excluding hydrogens is 554 g/mol. The van der Waals surface area contributed by atoms with Gasteiger partial charge in [0.25, 0.3) is 10.0 Å². The van der Waals surface area contributed by atoms with Gasteiger partial charge < -0.3 is 14.5 Å². The summed E-state index contributed by atoms with van der Waals surface area (Å²) < 4.78 is 60.7. The van der Waals surface area contributed by atoms with Gasteiger partial charge in [-0.2, -0.15) is 0 Å². The van der Waals surface area contributed by atoms with E-state index >= 15 is 0 Å². The van der Waals surface area contributed by atoms with Crippen molar-refractivity contribution in [2.75, 3.05) is 35.8 Å². The normalized spacial score (nSPS) is 14.3. The van der Waals surface area contributed by atoms with Crippen molar-refractivity contribution in [3.63, 3.8) is 0 Å². The standard InChI is InChI=1S/C28H28F2N6O4S/c1-28(2,3)40-27(37)36-10-8-35(9-11-36)26-22-13-18(4-6-24(22)32-17-33-26)19-12-21(16-31-15-19)34-41(38,39)25-7-5-20(29)14-23(25)30/h4-7,12-17,34H,8-11H2,1-3H3. The number of carbonyl (C=O) groups is 1. The molecule has 13 heteroatoms. The molecule has 3 heterocycles. The summed E-state index contributed by atoms with van der Waals surface area (Å²) in [6.07, 6.45) is 4.00. The molecule has 0 radical (unpaired) electrons.